The maximum atomic E-state index is 13.4. The van der Waals surface area contributed by atoms with Crippen molar-refractivity contribution in [2.45, 2.75) is 20.3 Å². The molecule has 12 heteroatoms. The van der Waals surface area contributed by atoms with Gasteiger partial charge in [-0.2, -0.15) is 0 Å². The quantitative estimate of drug-likeness (QED) is 0.169. The number of halogens is 5. The molecule has 0 saturated heterocycles. The number of rotatable bonds is 9. The van der Waals surface area contributed by atoms with Gasteiger partial charge in [0.15, 0.2) is 33.0 Å². The van der Waals surface area contributed by atoms with E-state index in [0.29, 0.717) is 13.2 Å². The molecule has 0 aliphatic carbocycles. The third-order valence-corrected chi connectivity index (χ3v) is 3.66. The summed E-state index contributed by atoms with van der Waals surface area (Å²) in [5.41, 5.74) is -1.43. The van der Waals surface area contributed by atoms with Crippen LogP contribution in [0.3, 0.4) is 0 Å². The molecule has 6 nitrogen and oxygen atoms in total. The minimum absolute atomic E-state index is 0.00210. The van der Waals surface area contributed by atoms with Crippen molar-refractivity contribution in [2.24, 2.45) is 0 Å². The highest BCUT2D eigenvalue weighted by Crippen LogP contribution is 2.26. The first kappa shape index (κ1) is 21.3. The summed E-state index contributed by atoms with van der Waals surface area (Å²) < 4.78 is 81.2. The molecule has 0 fully saturated rings. The predicted octanol–water partition coefficient (Wildman–Crippen LogP) is 1.92. The lowest BCUT2D eigenvalue weighted by atomic mass is 10.2. The molecule has 0 aliphatic rings. The largest absolute Gasteiger partial charge is 0.377 e. The maximum absolute atomic E-state index is 13.4. The highest BCUT2D eigenvalue weighted by atomic mass is 28.2. The molecule has 0 heterocycles. The van der Waals surface area contributed by atoms with E-state index in [1.807, 2.05) is 0 Å². The summed E-state index contributed by atoms with van der Waals surface area (Å²) in [4.78, 5) is 11.5. The number of urea groups is 1. The lowest BCUT2D eigenvalue weighted by molar-refractivity contribution is -0.243. The molecule has 1 rings (SSSR count). The zero-order valence-corrected chi connectivity index (χ0v) is 14.8. The fraction of sp³-hybridized carbons (Fsp3) is 0.462. The van der Waals surface area contributed by atoms with Crippen molar-refractivity contribution in [1.82, 2.24) is 5.32 Å². The van der Waals surface area contributed by atoms with E-state index >= 15 is 0 Å². The van der Waals surface area contributed by atoms with E-state index in [1.54, 1.807) is 19.2 Å². The third kappa shape index (κ3) is 5.92. The molecule has 2 amide bonds. The van der Waals surface area contributed by atoms with Crippen LogP contribution in [0.1, 0.15) is 13.8 Å². The summed E-state index contributed by atoms with van der Waals surface area (Å²) in [6.45, 7) is 3.25. The van der Waals surface area contributed by atoms with Crippen molar-refractivity contribution in [3.05, 3.63) is 29.1 Å². The first-order valence-electron chi connectivity index (χ1n) is 7.24. The highest BCUT2D eigenvalue weighted by molar-refractivity contribution is 6.28. The Kier molecular flexibility index (Phi) is 8.75. The van der Waals surface area contributed by atoms with Gasteiger partial charge in [0.25, 0.3) is 6.48 Å². The molecule has 142 valence electrons. The summed E-state index contributed by atoms with van der Waals surface area (Å²) in [5.74, 6) is -10.9. The second-order valence-corrected chi connectivity index (χ2v) is 5.64. The van der Waals surface area contributed by atoms with E-state index < -0.39 is 57.0 Å². The molecule has 0 atom stereocenters. The zero-order valence-electron chi connectivity index (χ0n) is 13.4. The molecule has 0 bridgehead atoms. The lowest BCUT2D eigenvalue weighted by Crippen LogP contribution is -2.35. The number of carbonyl (C=O) groups excluding carboxylic acids is 1. The van der Waals surface area contributed by atoms with Crippen LogP contribution in [0.2, 0.25) is 0 Å². The molecular weight excluding hydrogens is 371 g/mol. The Bertz CT molecular complexity index is 573. The Morgan fingerprint density at radius 3 is 1.92 bits per heavy atom. The van der Waals surface area contributed by atoms with Crippen LogP contribution in [0.4, 0.5) is 32.4 Å². The number of hydrogen-bond acceptors (Lipinski definition) is 4. The number of amides is 2. The summed E-state index contributed by atoms with van der Waals surface area (Å²) in [6, 6.07) is -1.15. The van der Waals surface area contributed by atoms with E-state index in [2.05, 4.69) is 5.32 Å². The number of ether oxygens (including phenoxy) is 2. The van der Waals surface area contributed by atoms with Crippen molar-refractivity contribution in [3.63, 3.8) is 0 Å². The van der Waals surface area contributed by atoms with E-state index in [0.717, 1.165) is 0 Å². The van der Waals surface area contributed by atoms with Gasteiger partial charge in [0.1, 0.15) is 5.69 Å². The average molecular weight is 388 g/mol. The molecular formula is C13H17F5N2O4Si. The number of carbonyl (C=O) groups is 1. The number of nitrogens with one attached hydrogen (secondary N) is 2. The number of anilines is 1. The zero-order chi connectivity index (χ0) is 19.0. The molecule has 0 aromatic heterocycles. The predicted molar refractivity (Wildman–Crippen MR) is 79.9 cm³/mol. The van der Waals surface area contributed by atoms with Gasteiger partial charge in [-0.25, -0.2) is 26.7 Å². The van der Waals surface area contributed by atoms with E-state index in [9.17, 15) is 26.7 Å². The van der Waals surface area contributed by atoms with Gasteiger partial charge >= 0.3 is 6.03 Å². The Labute approximate surface area is 142 Å². The van der Waals surface area contributed by atoms with Crippen LogP contribution < -0.4 is 10.6 Å². The molecule has 25 heavy (non-hydrogen) atoms. The van der Waals surface area contributed by atoms with Crippen LogP contribution in [0.25, 0.3) is 0 Å². The Morgan fingerprint density at radius 1 is 0.960 bits per heavy atom. The Morgan fingerprint density at radius 2 is 1.44 bits per heavy atom. The van der Waals surface area contributed by atoms with Crippen molar-refractivity contribution in [2.75, 3.05) is 24.7 Å². The van der Waals surface area contributed by atoms with Crippen molar-refractivity contribution < 1.29 is 40.6 Å². The monoisotopic (exact) mass is 388 g/mol. The van der Waals surface area contributed by atoms with Crippen LogP contribution in [-0.2, 0) is 13.9 Å². The van der Waals surface area contributed by atoms with Crippen molar-refractivity contribution in [3.8, 4) is 0 Å². The van der Waals surface area contributed by atoms with Crippen LogP contribution in [0.15, 0.2) is 0 Å². The molecule has 0 aliphatic heterocycles. The summed E-state index contributed by atoms with van der Waals surface area (Å²) >= 11 is 0. The normalized spacial score (nSPS) is 11.5. The van der Waals surface area contributed by atoms with E-state index in [-0.39, 0.29) is 6.17 Å². The van der Waals surface area contributed by atoms with Gasteiger partial charge in [-0.15, -0.1) is 0 Å². The molecule has 1 aromatic rings. The molecule has 2 N–H and O–H groups in total. The van der Waals surface area contributed by atoms with Crippen LogP contribution >= 0.6 is 0 Å². The summed E-state index contributed by atoms with van der Waals surface area (Å²) in [7, 11) is -1.37. The highest BCUT2D eigenvalue weighted by Gasteiger charge is 2.26. The van der Waals surface area contributed by atoms with Crippen molar-refractivity contribution in [1.29, 1.82) is 0 Å². The van der Waals surface area contributed by atoms with E-state index in [1.165, 1.54) is 0 Å². The standard InChI is InChI=1S/C13H17F5N2O4Si/c1-3-22-13(23-4-2)24-25-5-19-12(21)20-11-9(17)7(15)6(14)8(16)10(11)18/h13H,3-5,25H2,1-2H3,(H2,19,20,21). The third-order valence-electron chi connectivity index (χ3n) is 2.70. The minimum Gasteiger partial charge on any atom is -0.377 e. The fourth-order valence-corrected chi connectivity index (χ4v) is 2.44. The summed E-state index contributed by atoms with van der Waals surface area (Å²) in [6.07, 6.45) is -0.00210. The van der Waals surface area contributed by atoms with Gasteiger partial charge in [-0.3, -0.25) is 0 Å². The maximum Gasteiger partial charge on any atom is 0.319 e. The summed E-state index contributed by atoms with van der Waals surface area (Å²) in [5, 5.41) is 3.77. The average Bonchev–Trinajstić information content (AvgIpc) is 2.59. The van der Waals surface area contributed by atoms with Crippen molar-refractivity contribution >= 4 is 21.5 Å². The second kappa shape index (κ2) is 10.3. The van der Waals surface area contributed by atoms with Gasteiger partial charge in [-0.05, 0) is 13.8 Å². The lowest BCUT2D eigenvalue weighted by Gasteiger charge is -2.17. The van der Waals surface area contributed by atoms with Gasteiger partial charge in [0, 0.05) is 19.4 Å². The Hall–Kier alpha value is -1.76. The number of hydrogen-bond donors (Lipinski definition) is 2. The smallest absolute Gasteiger partial charge is 0.319 e. The van der Waals surface area contributed by atoms with Gasteiger partial charge in [-0.1, -0.05) is 0 Å². The topological polar surface area (TPSA) is 68.8 Å². The second-order valence-electron chi connectivity index (χ2n) is 4.40. The van der Waals surface area contributed by atoms with Gasteiger partial charge in [0.05, 0.1) is 0 Å². The number of benzene rings is 1. The fourth-order valence-electron chi connectivity index (χ4n) is 1.61. The molecule has 0 unspecified atom stereocenters. The van der Waals surface area contributed by atoms with Crippen LogP contribution in [0, 0.1) is 29.1 Å². The molecule has 1 aromatic carbocycles. The van der Waals surface area contributed by atoms with Crippen LogP contribution in [-0.4, -0.2) is 41.7 Å². The molecule has 0 spiro atoms. The molecule has 0 saturated carbocycles. The van der Waals surface area contributed by atoms with Crippen LogP contribution in [0.5, 0.6) is 0 Å². The Balaban J connectivity index is 2.56. The first-order valence-corrected chi connectivity index (χ1v) is 8.82. The molecule has 0 radical (unpaired) electrons. The van der Waals surface area contributed by atoms with Gasteiger partial charge < -0.3 is 24.5 Å². The van der Waals surface area contributed by atoms with Gasteiger partial charge in [0.2, 0.25) is 5.82 Å². The SMILES string of the molecule is CCOC(OCC)O[SiH2]CNC(=O)Nc1c(F)c(F)c(F)c(F)c1F. The first-order chi connectivity index (χ1) is 11.8. The minimum atomic E-state index is -2.31. The van der Waals surface area contributed by atoms with E-state index in [4.69, 9.17) is 13.9 Å².